The maximum absolute atomic E-state index is 15.8. The molecule has 3 heterocycles. The van der Waals surface area contributed by atoms with Gasteiger partial charge in [0, 0.05) is 69.0 Å². The van der Waals surface area contributed by atoms with E-state index in [1.807, 2.05) is 20.8 Å². The van der Waals surface area contributed by atoms with Crippen LogP contribution in [-0.4, -0.2) is 251 Å². The summed E-state index contributed by atoms with van der Waals surface area (Å²) in [5, 5.41) is 8.20. The van der Waals surface area contributed by atoms with E-state index in [9.17, 15) is 41.9 Å². The summed E-state index contributed by atoms with van der Waals surface area (Å²) >= 11 is 6.16. The van der Waals surface area contributed by atoms with Crippen LogP contribution >= 0.6 is 11.6 Å². The quantitative estimate of drug-likeness (QED) is 0.217. The number of fused-ring (bicyclic) bond motifs is 1. The molecule has 6 fully saturated rings. The van der Waals surface area contributed by atoms with Crippen LogP contribution < -0.4 is 16.0 Å². The molecule has 3 aliphatic carbocycles. The molecule has 3 aliphatic heterocycles. The van der Waals surface area contributed by atoms with Gasteiger partial charge in [0.15, 0.2) is 0 Å². The highest BCUT2D eigenvalue weighted by molar-refractivity contribution is 6.31. The first-order valence-electron chi connectivity index (χ1n) is 36.9. The number of hydrogen-bond acceptors (Lipinski definition) is 12. The summed E-state index contributed by atoms with van der Waals surface area (Å²) in [6.45, 7) is 6.47. The topological polar surface area (TPSA) is 270 Å². The third-order valence-corrected chi connectivity index (χ3v) is 22.7. The maximum Gasteiger partial charge on any atom is 0.417 e. The van der Waals surface area contributed by atoms with Gasteiger partial charge in [0.25, 0.3) is 0 Å². The third-order valence-electron chi connectivity index (χ3n) is 22.4. The Balaban J connectivity index is 1.29. The van der Waals surface area contributed by atoms with Crippen LogP contribution in [0.25, 0.3) is 0 Å². The number of hydrogen-bond donors (Lipinski definition) is 3. The average molecular weight is 1440 g/mol. The molecular weight excluding hydrogens is 1330 g/mol. The fourth-order valence-corrected chi connectivity index (χ4v) is 16.2. The summed E-state index contributed by atoms with van der Waals surface area (Å²) in [6, 6.07) is -5.51. The van der Waals surface area contributed by atoms with Crippen molar-refractivity contribution in [2.45, 2.75) is 242 Å². The highest BCUT2D eigenvalue weighted by Crippen LogP contribution is 2.39. The lowest BCUT2D eigenvalue weighted by Gasteiger charge is -2.43. The summed E-state index contributed by atoms with van der Waals surface area (Å²) in [6.07, 6.45) is 7.13. The smallest absolute Gasteiger partial charge is 0.343 e. The van der Waals surface area contributed by atoms with Crippen LogP contribution in [0.4, 0.5) is 13.2 Å². The molecule has 0 radical (unpaired) electrons. The number of carbonyl (C=O) groups excluding carboxylic acids is 12. The number of aryl methyl sites for hydroxylation is 1. The van der Waals surface area contributed by atoms with Gasteiger partial charge in [-0.05, 0) is 125 Å². The molecule has 0 bridgehead atoms. The number of rotatable bonds is 11. The zero-order valence-corrected chi connectivity index (χ0v) is 62.2. The van der Waals surface area contributed by atoms with Gasteiger partial charge in [-0.25, -0.2) is 0 Å². The molecule has 12 amide bonds. The molecule has 1 aromatic rings. The minimum absolute atomic E-state index is 0.0199. The largest absolute Gasteiger partial charge is 0.417 e. The van der Waals surface area contributed by atoms with Gasteiger partial charge in [0.2, 0.25) is 70.9 Å². The number of benzene rings is 1. The van der Waals surface area contributed by atoms with Crippen molar-refractivity contribution in [2.24, 2.45) is 23.7 Å². The monoisotopic (exact) mass is 1440 g/mol. The van der Waals surface area contributed by atoms with Crippen LogP contribution in [0.5, 0.6) is 0 Å². The zero-order valence-electron chi connectivity index (χ0n) is 61.4. The number of nitrogens with one attached hydrogen (secondary N) is 3. The first-order valence-corrected chi connectivity index (χ1v) is 37.2. The van der Waals surface area contributed by atoms with Crippen LogP contribution in [0.15, 0.2) is 18.2 Å². The molecule has 8 atom stereocenters. The normalized spacial score (nSPS) is 26.8. The minimum Gasteiger partial charge on any atom is -0.343 e. The summed E-state index contributed by atoms with van der Waals surface area (Å²) in [4.78, 5) is 191. The molecule has 1 aromatic carbocycles. The van der Waals surface area contributed by atoms with Gasteiger partial charge in [-0.15, -0.1) is 0 Å². The molecule has 3 N–H and O–H groups in total. The van der Waals surface area contributed by atoms with E-state index in [1.54, 1.807) is 11.8 Å². The van der Waals surface area contributed by atoms with Crippen molar-refractivity contribution < 1.29 is 70.7 Å². The van der Waals surface area contributed by atoms with Gasteiger partial charge < -0.3 is 60.0 Å². The van der Waals surface area contributed by atoms with Gasteiger partial charge >= 0.3 is 6.18 Å². The number of alkyl halides is 3. The Bertz CT molecular complexity index is 3130. The minimum atomic E-state index is -4.76. The second-order valence-electron chi connectivity index (χ2n) is 30.2. The standard InChI is InChI=1S/C73H112ClF3N12O12/c1-12-47(4)62-69(99)83(7)44-60(92)81(5)45-61(93)85(9)56(41-48-25-16-13-17-26-48)67(97)82(6)43-58(90)78-53(33-31-49-30-32-51(52(74)40-49)73(75,76)77)66(96)89-38-24-29-54(89)65(95)80-72(34-20-21-35-72)71(101)87(11)63(50-27-18-14-19-28-50)70(100)86(10)57(68(98)88-36-22-15-23-37-88)42-59(91)84(8)55(39-46(2)3)64(94)79-62/h30,32,40,46-48,50,53-57,62-63H,12-29,31,33-39,41-45H2,1-11H3,(H,78,90)(H,79,94)(H,80,95)/t47-,53-,54-,55-,56-,57-,62-,63-/m0/s1. The molecular formula is C73H112ClF3N12O12. The Morgan fingerprint density at radius 2 is 1.21 bits per heavy atom. The lowest BCUT2D eigenvalue weighted by atomic mass is 9.81. The predicted molar refractivity (Wildman–Crippen MR) is 374 cm³/mol. The highest BCUT2D eigenvalue weighted by atomic mass is 35.5. The number of likely N-dealkylation sites (N-methyl/N-ethyl adjacent to an activating group) is 7. The van der Waals surface area contributed by atoms with E-state index in [1.165, 1.54) is 79.9 Å². The van der Waals surface area contributed by atoms with Gasteiger partial charge in [0.1, 0.15) is 47.8 Å². The van der Waals surface area contributed by atoms with Crippen molar-refractivity contribution in [1.29, 1.82) is 0 Å². The molecule has 3 saturated carbocycles. The van der Waals surface area contributed by atoms with E-state index in [0.29, 0.717) is 70.0 Å². The summed E-state index contributed by atoms with van der Waals surface area (Å²) < 4.78 is 41.7. The van der Waals surface area contributed by atoms with Crippen LogP contribution in [-0.2, 0) is 70.1 Å². The molecule has 101 heavy (non-hydrogen) atoms. The number of nitrogens with zero attached hydrogens (tertiary/aromatic N) is 9. The number of halogens is 4. The van der Waals surface area contributed by atoms with Crippen molar-refractivity contribution in [1.82, 2.24) is 60.0 Å². The van der Waals surface area contributed by atoms with Crippen LogP contribution in [0.3, 0.4) is 0 Å². The van der Waals surface area contributed by atoms with Gasteiger partial charge in [-0.2, -0.15) is 13.2 Å². The zero-order chi connectivity index (χ0) is 74.4. The fourth-order valence-electron chi connectivity index (χ4n) is 15.8. The van der Waals surface area contributed by atoms with Gasteiger partial charge in [-0.1, -0.05) is 116 Å². The number of carbonyl (C=O) groups is 12. The van der Waals surface area contributed by atoms with Crippen molar-refractivity contribution in [3.8, 4) is 0 Å². The second kappa shape index (κ2) is 36.4. The fraction of sp³-hybridized carbons (Fsp3) is 0.753. The van der Waals surface area contributed by atoms with Crippen LogP contribution in [0, 0.1) is 23.7 Å². The number of likely N-dealkylation sites (tertiary alicyclic amines) is 1. The summed E-state index contributed by atoms with van der Waals surface area (Å²) in [5.74, 6) is -8.68. The molecule has 7 rings (SSSR count). The Morgan fingerprint density at radius 1 is 0.614 bits per heavy atom. The predicted octanol–water partition coefficient (Wildman–Crippen LogP) is 6.42. The summed E-state index contributed by atoms with van der Waals surface area (Å²) in [7, 11) is 10.0. The third kappa shape index (κ3) is 20.6. The second-order valence-corrected chi connectivity index (χ2v) is 30.6. The van der Waals surface area contributed by atoms with E-state index in [-0.39, 0.29) is 63.3 Å². The molecule has 6 aliphatic rings. The molecule has 0 unspecified atom stereocenters. The Labute approximate surface area is 599 Å². The highest BCUT2D eigenvalue weighted by Gasteiger charge is 2.51. The maximum atomic E-state index is 15.8. The van der Waals surface area contributed by atoms with E-state index in [2.05, 4.69) is 16.0 Å². The lowest BCUT2D eigenvalue weighted by molar-refractivity contribution is -0.157. The average Bonchev–Trinajstić information content (AvgIpc) is 1.74. The molecule has 3 saturated heterocycles. The molecule has 564 valence electrons. The lowest BCUT2D eigenvalue weighted by Crippen LogP contribution is -2.65. The van der Waals surface area contributed by atoms with E-state index >= 15 is 28.8 Å². The first kappa shape index (κ1) is 81.2. The Morgan fingerprint density at radius 3 is 1.81 bits per heavy atom. The van der Waals surface area contributed by atoms with E-state index in [4.69, 9.17) is 11.6 Å². The SMILES string of the molecule is CC[C@H](C)[C@@H]1NC(=O)[C@H](CC(C)C)N(C)C(=O)C[C@@H](C(=O)N2CCCCC2)N(C)C(=O)[C@H](C2CCCCC2)N(C)C(=O)C2(CCCC2)NC(=O)[C@@H]2CCCN2C(=O)[C@H](CCc2ccc(C(F)(F)F)c(Cl)c2)NC(=O)CN(C)C(=O)[C@H](CC2CCCCC2)N(C)C(=O)CN(C)C(=O)CN(C)C1=O. The van der Waals surface area contributed by atoms with Crippen LogP contribution in [0.1, 0.15) is 193 Å². The summed E-state index contributed by atoms with van der Waals surface area (Å²) in [5.41, 5.74) is -2.33. The molecule has 1 spiro atoms. The molecule has 0 aromatic heterocycles. The Kier molecular flexibility index (Phi) is 29.3. The van der Waals surface area contributed by atoms with Crippen molar-refractivity contribution in [3.63, 3.8) is 0 Å². The van der Waals surface area contributed by atoms with Crippen molar-refractivity contribution in [2.75, 3.05) is 88.6 Å². The van der Waals surface area contributed by atoms with Gasteiger partial charge in [-0.3, -0.25) is 57.5 Å². The Hall–Kier alpha value is -7.06. The van der Waals surface area contributed by atoms with Crippen molar-refractivity contribution in [3.05, 3.63) is 34.3 Å². The number of amides is 12. The van der Waals surface area contributed by atoms with Gasteiger partial charge in [0.05, 0.1) is 36.6 Å². The van der Waals surface area contributed by atoms with E-state index in [0.717, 1.165) is 84.6 Å². The van der Waals surface area contributed by atoms with Crippen LogP contribution in [0.2, 0.25) is 5.02 Å². The first-order chi connectivity index (χ1) is 47.7. The van der Waals surface area contributed by atoms with Crippen molar-refractivity contribution >= 4 is 82.5 Å². The molecule has 28 heteroatoms. The van der Waals surface area contributed by atoms with E-state index < -0.39 is 173 Å². The number of piperidine rings is 1. The molecule has 24 nitrogen and oxygen atoms in total.